The van der Waals surface area contributed by atoms with Crippen molar-refractivity contribution in [2.24, 2.45) is 0 Å². The second-order valence-corrected chi connectivity index (χ2v) is 9.15. The van der Waals surface area contributed by atoms with Crippen molar-refractivity contribution >= 4 is 38.3 Å². The molecule has 0 aliphatic rings. The zero-order valence-corrected chi connectivity index (χ0v) is 17.5. The van der Waals surface area contributed by atoms with E-state index in [1.54, 1.807) is 41.3 Å². The van der Waals surface area contributed by atoms with Gasteiger partial charge in [-0.25, -0.2) is 13.4 Å². The van der Waals surface area contributed by atoms with Crippen LogP contribution in [0.3, 0.4) is 0 Å². The molecule has 2 aromatic carbocycles. The molecule has 1 aromatic heterocycles. The fraction of sp³-hybridized carbons (Fsp3) is 0.0909. The molecule has 148 valence electrons. The predicted molar refractivity (Wildman–Crippen MR) is 119 cm³/mol. The number of rotatable bonds is 7. The molecule has 0 aliphatic heterocycles. The van der Waals surface area contributed by atoms with Crippen LogP contribution in [-0.2, 0) is 14.6 Å². The Labute approximate surface area is 174 Å². The first kappa shape index (κ1) is 20.7. The molecule has 1 heterocycles. The average Bonchev–Trinajstić information content (AvgIpc) is 3.20. The van der Waals surface area contributed by atoms with E-state index >= 15 is 0 Å². The van der Waals surface area contributed by atoms with Crippen LogP contribution in [0.15, 0.2) is 83.6 Å². The molecular weight excluding hydrogens is 404 g/mol. The highest BCUT2D eigenvalue weighted by atomic mass is 32.2. The third kappa shape index (κ3) is 5.28. The highest BCUT2D eigenvalue weighted by Gasteiger charge is 2.17. The van der Waals surface area contributed by atoms with Crippen molar-refractivity contribution < 1.29 is 13.2 Å². The highest BCUT2D eigenvalue weighted by molar-refractivity contribution is 7.90. The molecule has 5 nitrogen and oxygen atoms in total. The van der Waals surface area contributed by atoms with Crippen molar-refractivity contribution in [2.45, 2.75) is 4.90 Å². The normalized spacial score (nSPS) is 11.5. The molecule has 0 bridgehead atoms. The van der Waals surface area contributed by atoms with Gasteiger partial charge in [0.1, 0.15) is 0 Å². The van der Waals surface area contributed by atoms with E-state index in [0.717, 1.165) is 11.1 Å². The number of amides is 1. The molecular formula is C22H20N2O3S2. The van der Waals surface area contributed by atoms with E-state index in [0.29, 0.717) is 17.4 Å². The Morgan fingerprint density at radius 3 is 2.45 bits per heavy atom. The SMILES string of the molecule is C=CCN(C(=O)/C=C/c1ccccc1)c1nc(-c2ccc(S(C)(=O)=O)cc2)cs1. The van der Waals surface area contributed by atoms with Gasteiger partial charge in [0.2, 0.25) is 0 Å². The van der Waals surface area contributed by atoms with Gasteiger partial charge in [-0.15, -0.1) is 17.9 Å². The van der Waals surface area contributed by atoms with Gasteiger partial charge in [0.15, 0.2) is 15.0 Å². The standard InChI is InChI=1S/C22H20N2O3S2/c1-3-15-24(21(25)14-9-17-7-5-4-6-8-17)22-23-20(16-28-22)18-10-12-19(13-11-18)29(2,26)27/h3-14,16H,1,15H2,2H3/b14-9+. The first-order valence-corrected chi connectivity index (χ1v) is 11.6. The third-order valence-electron chi connectivity index (χ3n) is 4.10. The second kappa shape index (κ2) is 8.98. The van der Waals surface area contributed by atoms with Crippen molar-refractivity contribution in [3.63, 3.8) is 0 Å². The second-order valence-electron chi connectivity index (χ2n) is 6.29. The van der Waals surface area contributed by atoms with Gasteiger partial charge in [-0.2, -0.15) is 0 Å². The number of hydrogen-bond donors (Lipinski definition) is 0. The molecule has 0 fully saturated rings. The van der Waals surface area contributed by atoms with Gasteiger partial charge in [-0.3, -0.25) is 9.69 Å². The molecule has 3 aromatic rings. The molecule has 0 aliphatic carbocycles. The lowest BCUT2D eigenvalue weighted by atomic mass is 10.2. The van der Waals surface area contributed by atoms with Crippen LogP contribution in [0.4, 0.5) is 5.13 Å². The summed E-state index contributed by atoms with van der Waals surface area (Å²) in [6.07, 6.45) is 6.10. The Bertz CT molecular complexity index is 1130. The summed E-state index contributed by atoms with van der Waals surface area (Å²) in [6.45, 7) is 4.06. The smallest absolute Gasteiger partial charge is 0.253 e. The van der Waals surface area contributed by atoms with Crippen LogP contribution in [0.2, 0.25) is 0 Å². The number of carbonyl (C=O) groups is 1. The van der Waals surface area contributed by atoms with Gasteiger partial charge in [0.05, 0.1) is 10.6 Å². The summed E-state index contributed by atoms with van der Waals surface area (Å²) >= 11 is 1.35. The summed E-state index contributed by atoms with van der Waals surface area (Å²) < 4.78 is 23.2. The summed E-state index contributed by atoms with van der Waals surface area (Å²) in [5.74, 6) is -0.193. The number of aromatic nitrogens is 1. The van der Waals surface area contributed by atoms with E-state index in [4.69, 9.17) is 0 Å². The minimum atomic E-state index is -3.25. The van der Waals surface area contributed by atoms with Gasteiger partial charge in [-0.1, -0.05) is 48.5 Å². The molecule has 3 rings (SSSR count). The number of thiazole rings is 1. The summed E-state index contributed by atoms with van der Waals surface area (Å²) in [5.41, 5.74) is 2.40. The van der Waals surface area contributed by atoms with E-state index in [2.05, 4.69) is 11.6 Å². The number of sulfone groups is 1. The minimum absolute atomic E-state index is 0.193. The quantitative estimate of drug-likeness (QED) is 0.415. The van der Waals surface area contributed by atoms with Crippen LogP contribution >= 0.6 is 11.3 Å². The molecule has 29 heavy (non-hydrogen) atoms. The predicted octanol–water partition coefficient (Wildman–Crippen LogP) is 4.45. The van der Waals surface area contributed by atoms with Crippen LogP contribution < -0.4 is 4.90 Å². The number of carbonyl (C=O) groups excluding carboxylic acids is 1. The molecule has 0 saturated heterocycles. The zero-order chi connectivity index (χ0) is 20.9. The monoisotopic (exact) mass is 424 g/mol. The summed E-state index contributed by atoms with van der Waals surface area (Å²) in [4.78, 5) is 19.1. The van der Waals surface area contributed by atoms with E-state index in [-0.39, 0.29) is 10.8 Å². The average molecular weight is 425 g/mol. The molecule has 0 atom stereocenters. The third-order valence-corrected chi connectivity index (χ3v) is 6.09. The van der Waals surface area contributed by atoms with Crippen LogP contribution in [0, 0.1) is 0 Å². The lowest BCUT2D eigenvalue weighted by Crippen LogP contribution is -2.29. The molecule has 0 radical (unpaired) electrons. The van der Waals surface area contributed by atoms with Gasteiger partial charge < -0.3 is 0 Å². The fourth-order valence-corrected chi connectivity index (χ4v) is 4.09. The van der Waals surface area contributed by atoms with Crippen LogP contribution in [-0.4, -0.2) is 32.1 Å². The number of benzene rings is 2. The molecule has 0 saturated carbocycles. The van der Waals surface area contributed by atoms with E-state index in [1.807, 2.05) is 35.7 Å². The summed E-state index contributed by atoms with van der Waals surface area (Å²) in [5, 5.41) is 2.39. The summed E-state index contributed by atoms with van der Waals surface area (Å²) in [6, 6.07) is 16.1. The largest absolute Gasteiger partial charge is 0.281 e. The van der Waals surface area contributed by atoms with E-state index in [9.17, 15) is 13.2 Å². The van der Waals surface area contributed by atoms with E-state index in [1.165, 1.54) is 23.7 Å². The minimum Gasteiger partial charge on any atom is -0.281 e. The van der Waals surface area contributed by atoms with Crippen LogP contribution in [0.1, 0.15) is 5.56 Å². The lowest BCUT2D eigenvalue weighted by Gasteiger charge is -2.15. The van der Waals surface area contributed by atoms with E-state index < -0.39 is 9.84 Å². The van der Waals surface area contributed by atoms with Crippen molar-refractivity contribution in [1.29, 1.82) is 0 Å². The van der Waals surface area contributed by atoms with Crippen LogP contribution in [0.25, 0.3) is 17.3 Å². The fourth-order valence-electron chi connectivity index (χ4n) is 2.61. The number of hydrogen-bond acceptors (Lipinski definition) is 5. The highest BCUT2D eigenvalue weighted by Crippen LogP contribution is 2.28. The number of nitrogens with zero attached hydrogens (tertiary/aromatic N) is 2. The number of anilines is 1. The van der Waals surface area contributed by atoms with Crippen molar-refractivity contribution in [3.8, 4) is 11.3 Å². The van der Waals surface area contributed by atoms with Crippen molar-refractivity contribution in [2.75, 3.05) is 17.7 Å². The first-order valence-electron chi connectivity index (χ1n) is 8.80. The van der Waals surface area contributed by atoms with Gasteiger partial charge in [0.25, 0.3) is 5.91 Å². The van der Waals surface area contributed by atoms with Gasteiger partial charge >= 0.3 is 0 Å². The maximum absolute atomic E-state index is 12.7. The van der Waals surface area contributed by atoms with Crippen LogP contribution in [0.5, 0.6) is 0 Å². The topological polar surface area (TPSA) is 67.3 Å². The Balaban J connectivity index is 1.82. The zero-order valence-electron chi connectivity index (χ0n) is 15.9. The molecule has 1 amide bonds. The molecule has 0 N–H and O–H groups in total. The van der Waals surface area contributed by atoms with Gasteiger partial charge in [0, 0.05) is 29.8 Å². The lowest BCUT2D eigenvalue weighted by molar-refractivity contribution is -0.114. The molecule has 0 unspecified atom stereocenters. The Hall–Kier alpha value is -3.03. The Morgan fingerprint density at radius 1 is 1.14 bits per heavy atom. The first-order chi connectivity index (χ1) is 13.9. The Kier molecular flexibility index (Phi) is 6.41. The maximum Gasteiger partial charge on any atom is 0.253 e. The molecule has 0 spiro atoms. The van der Waals surface area contributed by atoms with Gasteiger partial charge in [-0.05, 0) is 23.8 Å². The molecule has 7 heteroatoms. The Morgan fingerprint density at radius 2 is 1.83 bits per heavy atom. The maximum atomic E-state index is 12.7. The van der Waals surface area contributed by atoms with Crippen molar-refractivity contribution in [1.82, 2.24) is 4.98 Å². The summed E-state index contributed by atoms with van der Waals surface area (Å²) in [7, 11) is -3.25. The van der Waals surface area contributed by atoms with Crippen molar-refractivity contribution in [3.05, 3.63) is 84.3 Å².